The number of aliphatic hydroxyl groups is 1. The summed E-state index contributed by atoms with van der Waals surface area (Å²) in [6.45, 7) is -0.573. The number of esters is 1. The molecule has 0 unspecified atom stereocenters. The Morgan fingerprint density at radius 1 is 1.32 bits per heavy atom. The van der Waals surface area contributed by atoms with Gasteiger partial charge in [0.15, 0.2) is 6.04 Å². The lowest BCUT2D eigenvalue weighted by atomic mass is 10.3. The minimum Gasteiger partial charge on any atom is -0.467 e. The van der Waals surface area contributed by atoms with Crippen molar-refractivity contribution in [2.45, 2.75) is 6.04 Å². The van der Waals surface area contributed by atoms with Gasteiger partial charge in [-0.25, -0.2) is 9.59 Å². The van der Waals surface area contributed by atoms with Gasteiger partial charge in [0.1, 0.15) is 0 Å². The van der Waals surface area contributed by atoms with Crippen molar-refractivity contribution in [3.8, 4) is 0 Å². The van der Waals surface area contributed by atoms with E-state index in [9.17, 15) is 9.59 Å². The summed E-state index contributed by atoms with van der Waals surface area (Å²) in [5.41, 5.74) is 0.358. The second-order valence-corrected chi connectivity index (χ2v) is 4.39. The molecule has 0 aliphatic heterocycles. The molecule has 0 fully saturated rings. The van der Waals surface area contributed by atoms with Crippen LogP contribution >= 0.6 is 23.2 Å². The zero-order valence-corrected chi connectivity index (χ0v) is 11.5. The monoisotopic (exact) mass is 306 g/mol. The minimum absolute atomic E-state index is 0.356. The number of hydrogen-bond donors (Lipinski definition) is 3. The van der Waals surface area contributed by atoms with Crippen molar-refractivity contribution < 1.29 is 19.4 Å². The number of methoxy groups -OCH3 is 1. The van der Waals surface area contributed by atoms with Crippen LogP contribution in [0.25, 0.3) is 0 Å². The van der Waals surface area contributed by atoms with E-state index in [4.69, 9.17) is 28.3 Å². The van der Waals surface area contributed by atoms with Crippen LogP contribution in [0, 0.1) is 0 Å². The van der Waals surface area contributed by atoms with Crippen LogP contribution in [0.15, 0.2) is 18.2 Å². The van der Waals surface area contributed by atoms with Crippen LogP contribution < -0.4 is 10.6 Å². The van der Waals surface area contributed by atoms with Gasteiger partial charge in [-0.05, 0) is 18.2 Å². The number of nitrogens with one attached hydrogen (secondary N) is 2. The fourth-order valence-corrected chi connectivity index (χ4v) is 1.80. The third kappa shape index (κ3) is 4.94. The molecule has 1 aromatic rings. The van der Waals surface area contributed by atoms with E-state index in [1.54, 1.807) is 0 Å². The standard InChI is InChI=1S/C11H12Cl2N2O4/c1-19-10(17)9(5-16)15-11(18)14-8-3-6(12)2-7(13)4-8/h2-4,9,16H,5H2,1H3,(H2,14,15,18)/t9-/m0/s1. The van der Waals surface area contributed by atoms with Crippen LogP contribution in [0.2, 0.25) is 10.0 Å². The Morgan fingerprint density at radius 3 is 2.37 bits per heavy atom. The summed E-state index contributed by atoms with van der Waals surface area (Å²) in [4.78, 5) is 22.8. The molecule has 1 rings (SSSR count). The van der Waals surface area contributed by atoms with Gasteiger partial charge in [0.25, 0.3) is 0 Å². The van der Waals surface area contributed by atoms with Gasteiger partial charge in [0.2, 0.25) is 0 Å². The summed E-state index contributed by atoms with van der Waals surface area (Å²) < 4.78 is 4.41. The molecule has 0 bridgehead atoms. The van der Waals surface area contributed by atoms with Crippen molar-refractivity contribution >= 4 is 40.9 Å². The fraction of sp³-hybridized carbons (Fsp3) is 0.273. The molecule has 3 N–H and O–H groups in total. The number of urea groups is 1. The molecule has 104 valence electrons. The van der Waals surface area contributed by atoms with E-state index in [-0.39, 0.29) is 0 Å². The summed E-state index contributed by atoms with van der Waals surface area (Å²) in [7, 11) is 1.15. The highest BCUT2D eigenvalue weighted by Gasteiger charge is 2.20. The van der Waals surface area contributed by atoms with E-state index in [1.165, 1.54) is 18.2 Å². The van der Waals surface area contributed by atoms with E-state index in [0.29, 0.717) is 15.7 Å². The maximum atomic E-state index is 11.6. The van der Waals surface area contributed by atoms with Gasteiger partial charge < -0.3 is 20.5 Å². The van der Waals surface area contributed by atoms with Gasteiger partial charge in [-0.1, -0.05) is 23.2 Å². The summed E-state index contributed by atoms with van der Waals surface area (Å²) >= 11 is 11.5. The lowest BCUT2D eigenvalue weighted by Crippen LogP contribution is -2.45. The second-order valence-electron chi connectivity index (χ2n) is 3.51. The molecular weight excluding hydrogens is 295 g/mol. The lowest BCUT2D eigenvalue weighted by Gasteiger charge is -2.14. The van der Waals surface area contributed by atoms with Crippen LogP contribution in [-0.4, -0.2) is 36.9 Å². The molecule has 0 spiro atoms. The van der Waals surface area contributed by atoms with Gasteiger partial charge in [0.05, 0.1) is 13.7 Å². The Labute approximate surface area is 119 Å². The summed E-state index contributed by atoms with van der Waals surface area (Å²) in [6, 6.07) is 2.65. The smallest absolute Gasteiger partial charge is 0.330 e. The maximum Gasteiger partial charge on any atom is 0.330 e. The Balaban J connectivity index is 2.66. The zero-order chi connectivity index (χ0) is 14.4. The number of ether oxygens (including phenoxy) is 1. The summed E-state index contributed by atoms with van der Waals surface area (Å²) in [5.74, 6) is -0.748. The lowest BCUT2D eigenvalue weighted by molar-refractivity contribution is -0.143. The first-order valence-electron chi connectivity index (χ1n) is 5.18. The molecule has 19 heavy (non-hydrogen) atoms. The first-order valence-corrected chi connectivity index (χ1v) is 5.94. The number of rotatable bonds is 4. The van der Waals surface area contributed by atoms with Gasteiger partial charge in [-0.3, -0.25) is 0 Å². The molecule has 8 heteroatoms. The van der Waals surface area contributed by atoms with Crippen LogP contribution in [0.5, 0.6) is 0 Å². The topological polar surface area (TPSA) is 87.7 Å². The first-order chi connectivity index (χ1) is 8.96. The Hall–Kier alpha value is -1.50. The maximum absolute atomic E-state index is 11.6. The van der Waals surface area contributed by atoms with Crippen molar-refractivity contribution in [3.63, 3.8) is 0 Å². The second kappa shape index (κ2) is 7.18. The SMILES string of the molecule is COC(=O)[C@H](CO)NC(=O)Nc1cc(Cl)cc(Cl)c1. The highest BCUT2D eigenvalue weighted by Crippen LogP contribution is 2.22. The molecule has 0 aromatic heterocycles. The number of aliphatic hydroxyl groups excluding tert-OH is 1. The molecule has 2 amide bonds. The van der Waals surface area contributed by atoms with E-state index in [0.717, 1.165) is 7.11 Å². The molecule has 0 aliphatic carbocycles. The van der Waals surface area contributed by atoms with Gasteiger partial charge >= 0.3 is 12.0 Å². The number of hydrogen-bond acceptors (Lipinski definition) is 4. The van der Waals surface area contributed by atoms with E-state index < -0.39 is 24.6 Å². The number of amides is 2. The van der Waals surface area contributed by atoms with Crippen LogP contribution in [0.4, 0.5) is 10.5 Å². The number of anilines is 1. The zero-order valence-electron chi connectivity index (χ0n) is 9.94. The van der Waals surface area contributed by atoms with E-state index in [1.807, 2.05) is 0 Å². The van der Waals surface area contributed by atoms with Crippen LogP contribution in [-0.2, 0) is 9.53 Å². The number of carbonyl (C=O) groups excluding carboxylic acids is 2. The highest BCUT2D eigenvalue weighted by molar-refractivity contribution is 6.35. The third-order valence-electron chi connectivity index (χ3n) is 2.09. The molecule has 0 aliphatic rings. The molecule has 1 atom stereocenters. The normalized spacial score (nSPS) is 11.6. The van der Waals surface area contributed by atoms with E-state index in [2.05, 4.69) is 15.4 Å². The number of benzene rings is 1. The van der Waals surface area contributed by atoms with Gasteiger partial charge in [0, 0.05) is 15.7 Å². The summed E-state index contributed by atoms with van der Waals surface area (Å²) in [5, 5.41) is 14.3. The van der Waals surface area contributed by atoms with Crippen molar-refractivity contribution in [1.82, 2.24) is 5.32 Å². The Bertz CT molecular complexity index is 462. The Morgan fingerprint density at radius 2 is 1.89 bits per heavy atom. The predicted molar refractivity (Wildman–Crippen MR) is 71.5 cm³/mol. The molecule has 0 saturated carbocycles. The van der Waals surface area contributed by atoms with Crippen molar-refractivity contribution in [2.24, 2.45) is 0 Å². The van der Waals surface area contributed by atoms with Crippen LogP contribution in [0.3, 0.4) is 0 Å². The molecule has 1 aromatic carbocycles. The van der Waals surface area contributed by atoms with Crippen molar-refractivity contribution in [3.05, 3.63) is 28.2 Å². The van der Waals surface area contributed by atoms with Crippen molar-refractivity contribution in [2.75, 3.05) is 19.0 Å². The molecule has 0 saturated heterocycles. The van der Waals surface area contributed by atoms with Crippen LogP contribution in [0.1, 0.15) is 0 Å². The van der Waals surface area contributed by atoms with Crippen molar-refractivity contribution in [1.29, 1.82) is 0 Å². The fourth-order valence-electron chi connectivity index (χ4n) is 1.27. The van der Waals surface area contributed by atoms with Gasteiger partial charge in [-0.15, -0.1) is 0 Å². The minimum atomic E-state index is -1.14. The first kappa shape index (κ1) is 15.6. The molecule has 0 radical (unpaired) electrons. The molecular formula is C11H12Cl2N2O4. The predicted octanol–water partition coefficient (Wildman–Crippen LogP) is 1.65. The summed E-state index contributed by atoms with van der Waals surface area (Å²) in [6.07, 6.45) is 0. The third-order valence-corrected chi connectivity index (χ3v) is 2.53. The average Bonchev–Trinajstić information content (AvgIpc) is 2.33. The highest BCUT2D eigenvalue weighted by atomic mass is 35.5. The van der Waals surface area contributed by atoms with E-state index >= 15 is 0 Å². The molecule has 0 heterocycles. The number of carbonyl (C=O) groups is 2. The Kier molecular flexibility index (Phi) is 5.88. The average molecular weight is 307 g/mol. The van der Waals surface area contributed by atoms with Gasteiger partial charge in [-0.2, -0.15) is 0 Å². The quantitative estimate of drug-likeness (QED) is 0.738. The number of halogens is 2. The largest absolute Gasteiger partial charge is 0.467 e. The molecule has 6 nitrogen and oxygen atoms in total.